The molecule has 3 nitrogen and oxygen atoms in total. The number of nitrogens with zero attached hydrogens (tertiary/aromatic N) is 1. The first kappa shape index (κ1) is 10.9. The Balaban J connectivity index is 3.17. The molecule has 0 saturated heterocycles. The zero-order valence-electron chi connectivity index (χ0n) is 8.47. The van der Waals surface area contributed by atoms with Crippen molar-refractivity contribution in [1.29, 1.82) is 0 Å². The van der Waals surface area contributed by atoms with Crippen LogP contribution in [0.25, 0.3) is 0 Å². The van der Waals surface area contributed by atoms with Crippen LogP contribution in [-0.2, 0) is 0 Å². The lowest BCUT2D eigenvalue weighted by Gasteiger charge is -2.13. The van der Waals surface area contributed by atoms with Crippen molar-refractivity contribution >= 4 is 23.2 Å². The van der Waals surface area contributed by atoms with Gasteiger partial charge in [-0.3, -0.25) is 4.79 Å². The van der Waals surface area contributed by atoms with E-state index in [1.54, 1.807) is 39.3 Å². The molecular formula is C10H13ClN2O. The standard InChI is InChI=1S/C10H13ClN2O/c1-12-9-5-4-7(11)6-8(9)10(14)13(2)3/h4-6,12H,1-3H3. The van der Waals surface area contributed by atoms with Gasteiger partial charge in [0.05, 0.1) is 5.56 Å². The third-order valence-corrected chi connectivity index (χ3v) is 2.12. The number of hydrogen-bond acceptors (Lipinski definition) is 2. The van der Waals surface area contributed by atoms with Crippen LogP contribution in [0.2, 0.25) is 5.02 Å². The van der Waals surface area contributed by atoms with Crippen molar-refractivity contribution in [2.75, 3.05) is 26.5 Å². The summed E-state index contributed by atoms with van der Waals surface area (Å²) in [6.45, 7) is 0. The molecule has 1 amide bonds. The summed E-state index contributed by atoms with van der Waals surface area (Å²) in [5.41, 5.74) is 1.37. The van der Waals surface area contributed by atoms with Gasteiger partial charge in [0, 0.05) is 31.9 Å². The maximum atomic E-state index is 11.7. The average molecular weight is 213 g/mol. The summed E-state index contributed by atoms with van der Waals surface area (Å²) in [5.74, 6) is -0.0585. The fraction of sp³-hybridized carbons (Fsp3) is 0.300. The number of rotatable bonds is 2. The molecule has 1 aromatic rings. The first-order valence-corrected chi connectivity index (χ1v) is 4.63. The minimum absolute atomic E-state index is 0.0585. The highest BCUT2D eigenvalue weighted by molar-refractivity contribution is 6.31. The van der Waals surface area contributed by atoms with E-state index in [9.17, 15) is 4.79 Å². The molecule has 0 saturated carbocycles. The summed E-state index contributed by atoms with van der Waals surface area (Å²) < 4.78 is 0. The predicted octanol–water partition coefficient (Wildman–Crippen LogP) is 2.08. The third-order valence-electron chi connectivity index (χ3n) is 1.89. The quantitative estimate of drug-likeness (QED) is 0.814. The molecule has 0 aliphatic heterocycles. The number of amides is 1. The molecule has 0 bridgehead atoms. The molecular weight excluding hydrogens is 200 g/mol. The van der Waals surface area contributed by atoms with Gasteiger partial charge in [0.25, 0.3) is 5.91 Å². The zero-order chi connectivity index (χ0) is 10.7. The number of benzene rings is 1. The lowest BCUT2D eigenvalue weighted by molar-refractivity contribution is 0.0828. The molecule has 0 heterocycles. The Hall–Kier alpha value is -1.22. The van der Waals surface area contributed by atoms with E-state index in [1.807, 2.05) is 0 Å². The second-order valence-electron chi connectivity index (χ2n) is 3.14. The van der Waals surface area contributed by atoms with Gasteiger partial charge in [-0.25, -0.2) is 0 Å². The molecule has 0 radical (unpaired) electrons. The maximum Gasteiger partial charge on any atom is 0.255 e. The molecule has 76 valence electrons. The normalized spacial score (nSPS) is 9.71. The van der Waals surface area contributed by atoms with Crippen molar-refractivity contribution in [3.05, 3.63) is 28.8 Å². The Bertz CT molecular complexity index is 350. The van der Waals surface area contributed by atoms with Gasteiger partial charge in [-0.2, -0.15) is 0 Å². The van der Waals surface area contributed by atoms with Crippen LogP contribution in [0.5, 0.6) is 0 Å². The summed E-state index contributed by atoms with van der Waals surface area (Å²) in [4.78, 5) is 13.2. The first-order valence-electron chi connectivity index (χ1n) is 4.25. The van der Waals surface area contributed by atoms with Crippen molar-refractivity contribution in [1.82, 2.24) is 4.90 Å². The maximum absolute atomic E-state index is 11.7. The molecule has 0 aliphatic rings. The summed E-state index contributed by atoms with van der Waals surface area (Å²) in [6, 6.07) is 5.20. The van der Waals surface area contributed by atoms with Gasteiger partial charge < -0.3 is 10.2 Å². The van der Waals surface area contributed by atoms with Gasteiger partial charge in [0.1, 0.15) is 0 Å². The molecule has 1 N–H and O–H groups in total. The van der Waals surface area contributed by atoms with Crippen LogP contribution in [-0.4, -0.2) is 32.0 Å². The first-order chi connectivity index (χ1) is 6.56. The van der Waals surface area contributed by atoms with Crippen LogP contribution in [0.3, 0.4) is 0 Å². The number of halogens is 1. The van der Waals surface area contributed by atoms with Crippen molar-refractivity contribution in [2.45, 2.75) is 0 Å². The summed E-state index contributed by atoms with van der Waals surface area (Å²) in [7, 11) is 5.20. The Morgan fingerprint density at radius 1 is 1.43 bits per heavy atom. The van der Waals surface area contributed by atoms with Crippen LogP contribution in [0.1, 0.15) is 10.4 Å². The minimum atomic E-state index is -0.0585. The third kappa shape index (κ3) is 2.17. The fourth-order valence-corrected chi connectivity index (χ4v) is 1.32. The van der Waals surface area contributed by atoms with E-state index < -0.39 is 0 Å². The molecule has 14 heavy (non-hydrogen) atoms. The van der Waals surface area contributed by atoms with Gasteiger partial charge in [-0.05, 0) is 18.2 Å². The molecule has 4 heteroatoms. The lowest BCUT2D eigenvalue weighted by atomic mass is 10.1. The molecule has 0 aromatic heterocycles. The molecule has 0 fully saturated rings. The van der Waals surface area contributed by atoms with Crippen molar-refractivity contribution in [3.8, 4) is 0 Å². The Labute approximate surface area is 88.7 Å². The van der Waals surface area contributed by atoms with E-state index in [2.05, 4.69) is 5.32 Å². The van der Waals surface area contributed by atoms with E-state index in [0.717, 1.165) is 5.69 Å². The van der Waals surface area contributed by atoms with Gasteiger partial charge >= 0.3 is 0 Å². The van der Waals surface area contributed by atoms with Crippen LogP contribution in [0.15, 0.2) is 18.2 Å². The lowest BCUT2D eigenvalue weighted by Crippen LogP contribution is -2.22. The van der Waals surface area contributed by atoms with Gasteiger partial charge in [-0.15, -0.1) is 0 Å². The topological polar surface area (TPSA) is 32.3 Å². The second-order valence-corrected chi connectivity index (χ2v) is 3.58. The molecule has 1 aromatic carbocycles. The van der Waals surface area contributed by atoms with Crippen LogP contribution in [0.4, 0.5) is 5.69 Å². The highest BCUT2D eigenvalue weighted by atomic mass is 35.5. The molecule has 0 aliphatic carbocycles. The Morgan fingerprint density at radius 2 is 2.07 bits per heavy atom. The highest BCUT2D eigenvalue weighted by Gasteiger charge is 2.12. The SMILES string of the molecule is CNc1ccc(Cl)cc1C(=O)N(C)C. The van der Waals surface area contributed by atoms with E-state index in [4.69, 9.17) is 11.6 Å². The van der Waals surface area contributed by atoms with Crippen LogP contribution >= 0.6 is 11.6 Å². The fourth-order valence-electron chi connectivity index (χ4n) is 1.15. The summed E-state index contributed by atoms with van der Waals surface area (Å²) in [6.07, 6.45) is 0. The predicted molar refractivity (Wildman–Crippen MR) is 59.0 cm³/mol. The second kappa shape index (κ2) is 4.33. The Kier molecular flexibility index (Phi) is 3.36. The monoisotopic (exact) mass is 212 g/mol. The number of hydrogen-bond donors (Lipinski definition) is 1. The van der Waals surface area contributed by atoms with E-state index in [1.165, 1.54) is 4.90 Å². The zero-order valence-corrected chi connectivity index (χ0v) is 9.22. The smallest absolute Gasteiger partial charge is 0.255 e. The van der Waals surface area contributed by atoms with E-state index in [0.29, 0.717) is 10.6 Å². The van der Waals surface area contributed by atoms with Gasteiger partial charge in [-0.1, -0.05) is 11.6 Å². The number of anilines is 1. The summed E-state index contributed by atoms with van der Waals surface area (Å²) in [5, 5.41) is 3.52. The average Bonchev–Trinajstić information content (AvgIpc) is 2.16. The van der Waals surface area contributed by atoms with Crippen molar-refractivity contribution in [3.63, 3.8) is 0 Å². The van der Waals surface area contributed by atoms with Crippen molar-refractivity contribution in [2.24, 2.45) is 0 Å². The number of nitrogens with one attached hydrogen (secondary N) is 1. The van der Waals surface area contributed by atoms with E-state index in [-0.39, 0.29) is 5.91 Å². The van der Waals surface area contributed by atoms with Crippen LogP contribution < -0.4 is 5.32 Å². The molecule has 0 spiro atoms. The molecule has 0 unspecified atom stereocenters. The van der Waals surface area contributed by atoms with Gasteiger partial charge in [0.15, 0.2) is 0 Å². The van der Waals surface area contributed by atoms with Crippen LogP contribution in [0, 0.1) is 0 Å². The number of carbonyl (C=O) groups is 1. The van der Waals surface area contributed by atoms with E-state index >= 15 is 0 Å². The highest BCUT2D eigenvalue weighted by Crippen LogP contribution is 2.21. The van der Waals surface area contributed by atoms with Gasteiger partial charge in [0.2, 0.25) is 0 Å². The van der Waals surface area contributed by atoms with Crippen molar-refractivity contribution < 1.29 is 4.79 Å². The Morgan fingerprint density at radius 3 is 2.57 bits per heavy atom. The number of carbonyl (C=O) groups excluding carboxylic acids is 1. The summed E-state index contributed by atoms with van der Waals surface area (Å²) >= 11 is 5.82. The largest absolute Gasteiger partial charge is 0.387 e. The molecule has 1 rings (SSSR count). The molecule has 0 atom stereocenters. The minimum Gasteiger partial charge on any atom is -0.387 e.